The summed E-state index contributed by atoms with van der Waals surface area (Å²) in [5, 5.41) is 2.55. The van der Waals surface area contributed by atoms with Crippen molar-refractivity contribution in [1.29, 1.82) is 0 Å². The Bertz CT molecular complexity index is 365. The molecular formula is C12H15BrFNO2. The summed E-state index contributed by atoms with van der Waals surface area (Å²) in [6, 6.07) is 4.57. The highest BCUT2D eigenvalue weighted by Crippen LogP contribution is 2.25. The van der Waals surface area contributed by atoms with E-state index in [0.717, 1.165) is 12.8 Å². The molecule has 3 nitrogen and oxygen atoms in total. The van der Waals surface area contributed by atoms with Crippen molar-refractivity contribution in [2.75, 3.05) is 19.0 Å². The number of benzene rings is 1. The van der Waals surface area contributed by atoms with E-state index in [0.29, 0.717) is 17.5 Å². The van der Waals surface area contributed by atoms with Crippen molar-refractivity contribution in [1.82, 2.24) is 0 Å². The number of para-hydroxylation sites is 1. The van der Waals surface area contributed by atoms with Gasteiger partial charge >= 0.3 is 0 Å². The van der Waals surface area contributed by atoms with E-state index in [-0.39, 0.29) is 11.6 Å². The number of carbonyl (C=O) groups excluding carboxylic acids is 1. The Balaban J connectivity index is 2.45. The fourth-order valence-electron chi connectivity index (χ4n) is 1.35. The van der Waals surface area contributed by atoms with E-state index < -0.39 is 5.82 Å². The van der Waals surface area contributed by atoms with Gasteiger partial charge in [0, 0.05) is 24.6 Å². The summed E-state index contributed by atoms with van der Waals surface area (Å²) < 4.78 is 18.8. The molecule has 0 aromatic heterocycles. The van der Waals surface area contributed by atoms with Crippen LogP contribution < -0.4 is 5.32 Å². The summed E-state index contributed by atoms with van der Waals surface area (Å²) >= 11 is 3.19. The molecule has 1 amide bonds. The maximum atomic E-state index is 13.4. The predicted molar refractivity (Wildman–Crippen MR) is 68.5 cm³/mol. The molecular weight excluding hydrogens is 289 g/mol. The van der Waals surface area contributed by atoms with Crippen molar-refractivity contribution < 1.29 is 13.9 Å². The Morgan fingerprint density at radius 3 is 2.88 bits per heavy atom. The minimum atomic E-state index is -0.440. The lowest BCUT2D eigenvalue weighted by molar-refractivity contribution is -0.116. The molecule has 1 rings (SSSR count). The van der Waals surface area contributed by atoms with E-state index in [1.165, 1.54) is 6.07 Å². The molecule has 0 saturated carbocycles. The van der Waals surface area contributed by atoms with Gasteiger partial charge in [0.25, 0.3) is 0 Å². The Morgan fingerprint density at radius 1 is 1.47 bits per heavy atom. The van der Waals surface area contributed by atoms with Gasteiger partial charge < -0.3 is 10.1 Å². The quantitative estimate of drug-likeness (QED) is 0.819. The van der Waals surface area contributed by atoms with E-state index in [9.17, 15) is 9.18 Å². The molecule has 0 fully saturated rings. The Labute approximate surface area is 108 Å². The highest BCUT2D eigenvalue weighted by atomic mass is 79.9. The van der Waals surface area contributed by atoms with Gasteiger partial charge in [-0.05, 0) is 40.9 Å². The molecule has 0 aliphatic rings. The third-order valence-corrected chi connectivity index (χ3v) is 2.89. The van der Waals surface area contributed by atoms with Crippen LogP contribution in [0.5, 0.6) is 0 Å². The molecule has 0 radical (unpaired) electrons. The summed E-state index contributed by atoms with van der Waals surface area (Å²) in [5.74, 6) is -0.628. The first kappa shape index (κ1) is 14.1. The minimum absolute atomic E-state index is 0.188. The summed E-state index contributed by atoms with van der Waals surface area (Å²) in [6.07, 6.45) is 1.91. The molecule has 0 unspecified atom stereocenters. The van der Waals surface area contributed by atoms with E-state index >= 15 is 0 Å². The number of carbonyl (C=O) groups is 1. The summed E-state index contributed by atoms with van der Waals surface area (Å²) in [4.78, 5) is 11.5. The number of nitrogens with one attached hydrogen (secondary N) is 1. The molecule has 0 spiro atoms. The van der Waals surface area contributed by atoms with Crippen molar-refractivity contribution in [3.05, 3.63) is 28.5 Å². The highest BCUT2D eigenvalue weighted by Gasteiger charge is 2.09. The first-order valence-corrected chi connectivity index (χ1v) is 6.17. The van der Waals surface area contributed by atoms with Gasteiger partial charge in [-0.3, -0.25) is 4.79 Å². The van der Waals surface area contributed by atoms with Gasteiger partial charge in [-0.15, -0.1) is 0 Å². The summed E-state index contributed by atoms with van der Waals surface area (Å²) in [6.45, 7) is 0.636. The lowest BCUT2D eigenvalue weighted by Crippen LogP contribution is -2.13. The number of amides is 1. The normalized spacial score (nSPS) is 10.3. The number of ether oxygens (including phenoxy) is 1. The molecule has 0 bridgehead atoms. The van der Waals surface area contributed by atoms with Crippen molar-refractivity contribution in [3.8, 4) is 0 Å². The van der Waals surface area contributed by atoms with Gasteiger partial charge in [0.2, 0.25) is 5.91 Å². The van der Waals surface area contributed by atoms with Crippen LogP contribution in [0.3, 0.4) is 0 Å². The second-order valence-corrected chi connectivity index (χ2v) is 4.45. The number of anilines is 1. The zero-order chi connectivity index (χ0) is 12.7. The van der Waals surface area contributed by atoms with Crippen molar-refractivity contribution in [2.24, 2.45) is 0 Å². The van der Waals surface area contributed by atoms with E-state index in [2.05, 4.69) is 21.2 Å². The molecule has 0 saturated heterocycles. The Morgan fingerprint density at radius 2 is 2.24 bits per heavy atom. The number of hydrogen-bond acceptors (Lipinski definition) is 2. The van der Waals surface area contributed by atoms with Crippen LogP contribution in [0.25, 0.3) is 0 Å². The van der Waals surface area contributed by atoms with Crippen LogP contribution >= 0.6 is 15.9 Å². The topological polar surface area (TPSA) is 38.3 Å². The van der Waals surface area contributed by atoms with E-state index in [1.807, 2.05) is 0 Å². The maximum absolute atomic E-state index is 13.4. The first-order valence-electron chi connectivity index (χ1n) is 5.38. The number of methoxy groups -OCH3 is 1. The van der Waals surface area contributed by atoms with Crippen LogP contribution in [-0.2, 0) is 9.53 Å². The van der Waals surface area contributed by atoms with Crippen LogP contribution in [-0.4, -0.2) is 19.6 Å². The minimum Gasteiger partial charge on any atom is -0.385 e. The fraction of sp³-hybridized carbons (Fsp3) is 0.417. The van der Waals surface area contributed by atoms with Gasteiger partial charge in [-0.2, -0.15) is 0 Å². The molecule has 1 N–H and O–H groups in total. The van der Waals surface area contributed by atoms with Gasteiger partial charge in [0.05, 0.1) is 5.69 Å². The van der Waals surface area contributed by atoms with E-state index in [1.54, 1.807) is 19.2 Å². The van der Waals surface area contributed by atoms with Gasteiger partial charge in [-0.25, -0.2) is 4.39 Å². The van der Waals surface area contributed by atoms with Crippen molar-refractivity contribution >= 4 is 27.5 Å². The Hall–Kier alpha value is -0.940. The summed E-state index contributed by atoms with van der Waals surface area (Å²) in [7, 11) is 1.62. The molecule has 1 aromatic rings. The zero-order valence-electron chi connectivity index (χ0n) is 9.63. The van der Waals surface area contributed by atoms with Crippen molar-refractivity contribution in [3.63, 3.8) is 0 Å². The maximum Gasteiger partial charge on any atom is 0.224 e. The van der Waals surface area contributed by atoms with Gasteiger partial charge in [0.1, 0.15) is 5.82 Å². The van der Waals surface area contributed by atoms with E-state index in [4.69, 9.17) is 4.74 Å². The number of halogens is 2. The molecule has 1 aromatic carbocycles. The largest absolute Gasteiger partial charge is 0.385 e. The highest BCUT2D eigenvalue weighted by molar-refractivity contribution is 9.10. The molecule has 0 atom stereocenters. The summed E-state index contributed by atoms with van der Waals surface area (Å²) in [5.41, 5.74) is 0.198. The SMILES string of the molecule is COCCCCC(=O)Nc1c(F)cccc1Br. The second kappa shape index (κ2) is 7.40. The van der Waals surface area contributed by atoms with Gasteiger partial charge in [-0.1, -0.05) is 6.07 Å². The van der Waals surface area contributed by atoms with Crippen LogP contribution in [0.15, 0.2) is 22.7 Å². The molecule has 5 heteroatoms. The smallest absolute Gasteiger partial charge is 0.224 e. The lowest BCUT2D eigenvalue weighted by Gasteiger charge is -2.08. The van der Waals surface area contributed by atoms with Crippen molar-refractivity contribution in [2.45, 2.75) is 19.3 Å². The van der Waals surface area contributed by atoms with Gasteiger partial charge in [0.15, 0.2) is 0 Å². The average molecular weight is 304 g/mol. The monoisotopic (exact) mass is 303 g/mol. The first-order chi connectivity index (χ1) is 8.15. The van der Waals surface area contributed by atoms with Crippen LogP contribution in [0.4, 0.5) is 10.1 Å². The average Bonchev–Trinajstić information content (AvgIpc) is 2.30. The number of unbranched alkanes of at least 4 members (excludes halogenated alkanes) is 1. The predicted octanol–water partition coefficient (Wildman–Crippen LogP) is 3.34. The second-order valence-electron chi connectivity index (χ2n) is 3.59. The Kier molecular flexibility index (Phi) is 6.15. The zero-order valence-corrected chi connectivity index (χ0v) is 11.2. The third-order valence-electron chi connectivity index (χ3n) is 2.23. The molecule has 94 valence electrons. The molecule has 0 aliphatic carbocycles. The number of rotatable bonds is 6. The fourth-order valence-corrected chi connectivity index (χ4v) is 1.79. The van der Waals surface area contributed by atoms with Crippen LogP contribution in [0.1, 0.15) is 19.3 Å². The van der Waals surface area contributed by atoms with Crippen LogP contribution in [0, 0.1) is 5.82 Å². The standard InChI is InChI=1S/C12H15BrFNO2/c1-17-8-3-2-7-11(16)15-12-9(13)5-4-6-10(12)14/h4-6H,2-3,7-8H2,1H3,(H,15,16). The third kappa shape index (κ3) is 4.83. The molecule has 17 heavy (non-hydrogen) atoms. The molecule has 0 aliphatic heterocycles. The molecule has 0 heterocycles. The lowest BCUT2D eigenvalue weighted by atomic mass is 10.2. The number of hydrogen-bond donors (Lipinski definition) is 1. The van der Waals surface area contributed by atoms with Crippen LogP contribution in [0.2, 0.25) is 0 Å².